The van der Waals surface area contributed by atoms with Gasteiger partial charge in [0.05, 0.1) is 17.4 Å². The summed E-state index contributed by atoms with van der Waals surface area (Å²) in [6.45, 7) is 3.87. The fraction of sp³-hybridized carbons (Fsp3) is 0.300. The van der Waals surface area contributed by atoms with Crippen LogP contribution in [0.1, 0.15) is 29.5 Å². The Morgan fingerprint density at radius 2 is 1.90 bits per heavy atom. The number of piperidine rings is 1. The molecule has 0 atom stereocenters. The van der Waals surface area contributed by atoms with Crippen molar-refractivity contribution in [3.05, 3.63) is 93.9 Å². The molecular formula is C30H30Cl2N6O. The van der Waals surface area contributed by atoms with Crippen molar-refractivity contribution in [2.45, 2.75) is 24.8 Å². The molecular weight excluding hydrogens is 531 g/mol. The number of urea groups is 1. The summed E-state index contributed by atoms with van der Waals surface area (Å²) >= 11 is 12.0. The summed E-state index contributed by atoms with van der Waals surface area (Å²) in [5, 5.41) is 9.94. The first-order valence-corrected chi connectivity index (χ1v) is 13.9. The third kappa shape index (κ3) is 5.14. The molecule has 0 saturated carbocycles. The van der Waals surface area contributed by atoms with Gasteiger partial charge in [0.15, 0.2) is 0 Å². The fourth-order valence-corrected chi connectivity index (χ4v) is 6.28. The Balaban J connectivity index is 1.20. The van der Waals surface area contributed by atoms with Crippen LogP contribution in [0.4, 0.5) is 10.5 Å². The quantitative estimate of drug-likeness (QED) is 0.301. The second kappa shape index (κ2) is 10.6. The molecule has 200 valence electrons. The van der Waals surface area contributed by atoms with Crippen LogP contribution in [0, 0.1) is 0 Å². The molecule has 2 amide bonds. The number of carbonyl (C=O) groups excluding carboxylic acids is 1. The number of likely N-dealkylation sites (tertiary alicyclic amines) is 1. The molecule has 9 heteroatoms. The molecule has 7 nitrogen and oxygen atoms in total. The summed E-state index contributed by atoms with van der Waals surface area (Å²) in [7, 11) is 1.97. The maximum atomic E-state index is 13.5. The lowest BCUT2D eigenvalue weighted by Crippen LogP contribution is -2.47. The maximum absolute atomic E-state index is 13.5. The molecule has 1 N–H and O–H groups in total. The number of anilines is 1. The van der Waals surface area contributed by atoms with E-state index in [1.807, 2.05) is 53.2 Å². The Hall–Kier alpha value is -3.39. The number of nitrogens with zero attached hydrogens (tertiary/aromatic N) is 5. The van der Waals surface area contributed by atoms with Crippen LogP contribution in [0.5, 0.6) is 0 Å². The normalized spacial score (nSPS) is 16.8. The molecule has 2 aliphatic heterocycles. The zero-order valence-corrected chi connectivity index (χ0v) is 23.3. The van der Waals surface area contributed by atoms with Gasteiger partial charge in [-0.2, -0.15) is 5.10 Å². The second-order valence-electron chi connectivity index (χ2n) is 10.4. The standard InChI is InChI=1S/C30H30Cl2N6O/c1-36-25-8-9-26-28(24(25)19-35-36)30(20-38(26)29(39)34-18-22-10-13-33-27(32)17-22)11-15-37(16-12-30)14-2-3-21-4-6-23(31)7-5-21/h2-10,13,17,19H,11-12,14-16,18,20H2,1H3,(H,34,39)/b3-2+. The molecule has 0 aliphatic carbocycles. The average Bonchev–Trinajstić information content (AvgIpc) is 3.47. The van der Waals surface area contributed by atoms with E-state index in [-0.39, 0.29) is 11.4 Å². The lowest BCUT2D eigenvalue weighted by molar-refractivity contribution is 0.181. The average molecular weight is 562 g/mol. The predicted octanol–water partition coefficient (Wildman–Crippen LogP) is 6.05. The minimum atomic E-state index is -0.106. The predicted molar refractivity (Wildman–Crippen MR) is 157 cm³/mol. The van der Waals surface area contributed by atoms with Crippen LogP contribution in [0.3, 0.4) is 0 Å². The summed E-state index contributed by atoms with van der Waals surface area (Å²) in [6, 6.07) is 15.6. The minimum absolute atomic E-state index is 0.0994. The van der Waals surface area contributed by atoms with Crippen LogP contribution < -0.4 is 10.2 Å². The van der Waals surface area contributed by atoms with Gasteiger partial charge in [0.25, 0.3) is 0 Å². The molecule has 2 aromatic heterocycles. The van der Waals surface area contributed by atoms with Gasteiger partial charge >= 0.3 is 6.03 Å². The zero-order chi connectivity index (χ0) is 27.0. The molecule has 0 bridgehead atoms. The number of pyridine rings is 1. The van der Waals surface area contributed by atoms with Crippen molar-refractivity contribution in [2.24, 2.45) is 7.05 Å². The van der Waals surface area contributed by atoms with Crippen molar-refractivity contribution in [1.29, 1.82) is 0 Å². The number of carbonyl (C=O) groups is 1. The van der Waals surface area contributed by atoms with Crippen molar-refractivity contribution in [3.63, 3.8) is 0 Å². The van der Waals surface area contributed by atoms with E-state index in [0.29, 0.717) is 18.2 Å². The number of amides is 2. The first-order valence-electron chi connectivity index (χ1n) is 13.2. The van der Waals surface area contributed by atoms with Gasteiger partial charge < -0.3 is 5.32 Å². The molecule has 0 unspecified atom stereocenters. The number of nitrogens with one attached hydrogen (secondary N) is 1. The number of rotatable bonds is 5. The fourth-order valence-electron chi connectivity index (χ4n) is 5.96. The Morgan fingerprint density at radius 1 is 1.10 bits per heavy atom. The molecule has 4 aromatic rings. The van der Waals surface area contributed by atoms with Crippen molar-refractivity contribution in [2.75, 3.05) is 31.1 Å². The molecule has 2 aromatic carbocycles. The molecule has 1 spiro atoms. The monoisotopic (exact) mass is 560 g/mol. The van der Waals surface area contributed by atoms with Gasteiger partial charge in [-0.1, -0.05) is 47.5 Å². The zero-order valence-electron chi connectivity index (χ0n) is 21.8. The lowest BCUT2D eigenvalue weighted by atomic mass is 9.73. The number of hydrogen-bond acceptors (Lipinski definition) is 4. The van der Waals surface area contributed by atoms with Crippen molar-refractivity contribution in [1.82, 2.24) is 25.0 Å². The van der Waals surface area contributed by atoms with Gasteiger partial charge in [-0.05, 0) is 79.0 Å². The van der Waals surface area contributed by atoms with Gasteiger partial charge in [-0.25, -0.2) is 9.78 Å². The Kier molecular flexibility index (Phi) is 7.06. The summed E-state index contributed by atoms with van der Waals surface area (Å²) in [5.74, 6) is 0. The number of aromatic nitrogens is 3. The highest BCUT2D eigenvalue weighted by atomic mass is 35.5. The van der Waals surface area contributed by atoms with E-state index in [2.05, 4.69) is 44.6 Å². The van der Waals surface area contributed by atoms with E-state index in [4.69, 9.17) is 23.2 Å². The number of aryl methyl sites for hydroxylation is 1. The number of fused-ring (bicyclic) bond motifs is 4. The largest absolute Gasteiger partial charge is 0.334 e. The van der Waals surface area contributed by atoms with Gasteiger partial charge in [0, 0.05) is 48.7 Å². The SMILES string of the molecule is Cn1ncc2c3c(ccc21)N(C(=O)NCc1ccnc(Cl)c1)CC31CCN(C/C=C/c2ccc(Cl)cc2)CC1. The summed E-state index contributed by atoms with van der Waals surface area (Å²) in [5.41, 5.74) is 5.29. The van der Waals surface area contributed by atoms with Crippen LogP contribution in [-0.2, 0) is 19.0 Å². The number of hydrogen-bond donors (Lipinski definition) is 1. The Morgan fingerprint density at radius 3 is 2.67 bits per heavy atom. The van der Waals surface area contributed by atoms with Gasteiger partial charge in [-0.15, -0.1) is 0 Å². The molecule has 6 rings (SSSR count). The van der Waals surface area contributed by atoms with E-state index in [0.717, 1.165) is 65.2 Å². The summed E-state index contributed by atoms with van der Waals surface area (Å²) < 4.78 is 1.91. The van der Waals surface area contributed by atoms with Crippen molar-refractivity contribution >= 4 is 51.9 Å². The topological polar surface area (TPSA) is 66.3 Å². The highest BCUT2D eigenvalue weighted by molar-refractivity contribution is 6.30. The van der Waals surface area contributed by atoms with Crippen LogP contribution in [0.25, 0.3) is 17.0 Å². The molecule has 4 heterocycles. The number of benzene rings is 2. The van der Waals surface area contributed by atoms with Crippen molar-refractivity contribution < 1.29 is 4.79 Å². The first kappa shape index (κ1) is 25.9. The molecule has 1 fully saturated rings. The van der Waals surface area contributed by atoms with E-state index in [1.165, 1.54) is 5.56 Å². The highest BCUT2D eigenvalue weighted by Crippen LogP contribution is 2.50. The van der Waals surface area contributed by atoms with E-state index in [1.54, 1.807) is 12.3 Å². The molecule has 2 aliphatic rings. The first-order chi connectivity index (χ1) is 18.9. The second-order valence-corrected chi connectivity index (χ2v) is 11.3. The summed E-state index contributed by atoms with van der Waals surface area (Å²) in [4.78, 5) is 21.9. The van der Waals surface area contributed by atoms with E-state index in [9.17, 15) is 4.79 Å². The van der Waals surface area contributed by atoms with Crippen LogP contribution in [0.2, 0.25) is 10.2 Å². The Labute approximate surface area is 238 Å². The Bertz CT molecular complexity index is 1540. The highest BCUT2D eigenvalue weighted by Gasteiger charge is 2.47. The van der Waals surface area contributed by atoms with Crippen LogP contribution in [-0.4, -0.2) is 51.9 Å². The molecule has 39 heavy (non-hydrogen) atoms. The van der Waals surface area contributed by atoms with E-state index >= 15 is 0 Å². The maximum Gasteiger partial charge on any atom is 0.322 e. The third-order valence-corrected chi connectivity index (χ3v) is 8.49. The molecule has 1 saturated heterocycles. The van der Waals surface area contributed by atoms with Crippen molar-refractivity contribution in [3.8, 4) is 0 Å². The van der Waals surface area contributed by atoms with E-state index < -0.39 is 0 Å². The van der Waals surface area contributed by atoms with Crippen LogP contribution >= 0.6 is 23.2 Å². The van der Waals surface area contributed by atoms with Gasteiger partial charge in [0.2, 0.25) is 0 Å². The minimum Gasteiger partial charge on any atom is -0.334 e. The van der Waals surface area contributed by atoms with Gasteiger partial charge in [-0.3, -0.25) is 14.5 Å². The van der Waals surface area contributed by atoms with Crippen LogP contribution in [0.15, 0.2) is 67.0 Å². The third-order valence-electron chi connectivity index (χ3n) is 8.03. The van der Waals surface area contributed by atoms with Gasteiger partial charge in [0.1, 0.15) is 5.15 Å². The lowest BCUT2D eigenvalue weighted by Gasteiger charge is -2.39. The summed E-state index contributed by atoms with van der Waals surface area (Å²) in [6.07, 6.45) is 9.93. The molecule has 0 radical (unpaired) electrons. The smallest absolute Gasteiger partial charge is 0.322 e. The number of halogens is 2.